The third kappa shape index (κ3) is 5.09. The quantitative estimate of drug-likeness (QED) is 0.371. The fraction of sp³-hybridized carbons (Fsp3) is 0.240. The van der Waals surface area contributed by atoms with Gasteiger partial charge in [-0.05, 0) is 48.4 Å². The minimum atomic E-state index is -0.562. The molecule has 0 spiro atoms. The number of aromatic nitrogens is 2. The molecule has 4 aromatic rings. The van der Waals surface area contributed by atoms with Gasteiger partial charge >= 0.3 is 5.97 Å². The van der Waals surface area contributed by atoms with Crippen molar-refractivity contribution < 1.29 is 23.5 Å². The van der Waals surface area contributed by atoms with Gasteiger partial charge in [0, 0.05) is 5.39 Å². The maximum absolute atomic E-state index is 13.2. The Labute approximate surface area is 200 Å². The van der Waals surface area contributed by atoms with E-state index in [9.17, 15) is 14.0 Å². The molecule has 2 heterocycles. The number of nitrogens with zero attached hydrogens (tertiary/aromatic N) is 2. The lowest BCUT2D eigenvalue weighted by molar-refractivity contribution is -0.141. The van der Waals surface area contributed by atoms with Crippen molar-refractivity contribution in [2.75, 3.05) is 14.2 Å². The van der Waals surface area contributed by atoms with E-state index < -0.39 is 12.0 Å². The van der Waals surface area contributed by atoms with E-state index in [2.05, 4.69) is 10.4 Å². The number of hydrogen-bond donors (Lipinski definition) is 1. The third-order valence-electron chi connectivity index (χ3n) is 5.50. The predicted molar refractivity (Wildman–Crippen MR) is 128 cm³/mol. The van der Waals surface area contributed by atoms with Crippen molar-refractivity contribution in [3.8, 4) is 5.75 Å². The van der Waals surface area contributed by atoms with E-state index in [0.717, 1.165) is 27.0 Å². The summed E-state index contributed by atoms with van der Waals surface area (Å²) >= 11 is 1.32. The first-order valence-corrected chi connectivity index (χ1v) is 11.4. The number of halogens is 1. The Hall–Kier alpha value is -3.72. The van der Waals surface area contributed by atoms with Crippen LogP contribution in [0.2, 0.25) is 0 Å². The van der Waals surface area contributed by atoms with Gasteiger partial charge in [-0.3, -0.25) is 14.3 Å². The van der Waals surface area contributed by atoms with Crippen LogP contribution in [0.25, 0.3) is 10.2 Å². The van der Waals surface area contributed by atoms with Crippen LogP contribution in [-0.4, -0.2) is 35.9 Å². The van der Waals surface area contributed by atoms with Crippen molar-refractivity contribution in [1.29, 1.82) is 0 Å². The van der Waals surface area contributed by atoms with Crippen molar-refractivity contribution in [3.05, 3.63) is 82.1 Å². The zero-order valence-corrected chi connectivity index (χ0v) is 19.8. The highest BCUT2D eigenvalue weighted by Gasteiger charge is 2.22. The lowest BCUT2D eigenvalue weighted by Gasteiger charge is -2.18. The zero-order valence-electron chi connectivity index (χ0n) is 19.0. The molecule has 2 aromatic carbocycles. The Bertz CT molecular complexity index is 1310. The molecule has 4 rings (SSSR count). The van der Waals surface area contributed by atoms with E-state index in [1.54, 1.807) is 31.4 Å². The summed E-state index contributed by atoms with van der Waals surface area (Å²) in [6.45, 7) is 2.35. The summed E-state index contributed by atoms with van der Waals surface area (Å²) in [5, 5.41) is 8.41. The van der Waals surface area contributed by atoms with Gasteiger partial charge in [-0.15, -0.1) is 11.3 Å². The molecule has 0 aliphatic rings. The molecule has 0 saturated heterocycles. The summed E-state index contributed by atoms with van der Waals surface area (Å²) in [6, 6.07) is 14.7. The molecule has 9 heteroatoms. The molecule has 0 saturated carbocycles. The fourth-order valence-corrected chi connectivity index (χ4v) is 4.73. The van der Waals surface area contributed by atoms with E-state index in [1.165, 1.54) is 30.6 Å². The second-order valence-electron chi connectivity index (χ2n) is 7.78. The molecular formula is C25H24FN3O4S. The number of fused-ring (bicyclic) bond motifs is 1. The predicted octanol–water partition coefficient (Wildman–Crippen LogP) is 4.64. The number of ether oxygens (including phenoxy) is 2. The molecule has 0 fully saturated rings. The van der Waals surface area contributed by atoms with Crippen LogP contribution in [-0.2, 0) is 16.1 Å². The van der Waals surface area contributed by atoms with Gasteiger partial charge < -0.3 is 14.8 Å². The third-order valence-corrected chi connectivity index (χ3v) is 6.65. The highest BCUT2D eigenvalue weighted by molar-refractivity contribution is 7.20. The number of aryl methyl sites for hydroxylation is 1. The van der Waals surface area contributed by atoms with Crippen LogP contribution in [0.5, 0.6) is 5.75 Å². The Kier molecular flexibility index (Phi) is 6.93. The second-order valence-corrected chi connectivity index (χ2v) is 8.81. The molecule has 1 amide bonds. The molecule has 34 heavy (non-hydrogen) atoms. The average Bonchev–Trinajstić information content (AvgIpc) is 3.41. The minimum Gasteiger partial charge on any atom is -0.497 e. The average molecular weight is 482 g/mol. The summed E-state index contributed by atoms with van der Waals surface area (Å²) < 4.78 is 25.1. The molecule has 2 aromatic heterocycles. The van der Waals surface area contributed by atoms with Crippen LogP contribution in [0.15, 0.2) is 54.6 Å². The Balaban J connectivity index is 1.58. The van der Waals surface area contributed by atoms with Crippen LogP contribution in [0.1, 0.15) is 39.0 Å². The fourth-order valence-electron chi connectivity index (χ4n) is 3.66. The molecule has 1 N–H and O–H groups in total. The van der Waals surface area contributed by atoms with Gasteiger partial charge in [-0.1, -0.05) is 24.3 Å². The Morgan fingerprint density at radius 1 is 1.12 bits per heavy atom. The Morgan fingerprint density at radius 3 is 2.47 bits per heavy atom. The van der Waals surface area contributed by atoms with Crippen LogP contribution >= 0.6 is 11.3 Å². The summed E-state index contributed by atoms with van der Waals surface area (Å²) in [5.41, 5.74) is 2.47. The van der Waals surface area contributed by atoms with Crippen molar-refractivity contribution in [1.82, 2.24) is 15.1 Å². The molecule has 0 aliphatic heterocycles. The zero-order chi connectivity index (χ0) is 24.2. The van der Waals surface area contributed by atoms with Crippen LogP contribution in [0.4, 0.5) is 4.39 Å². The van der Waals surface area contributed by atoms with E-state index in [0.29, 0.717) is 17.2 Å². The summed E-state index contributed by atoms with van der Waals surface area (Å²) in [5.74, 6) is -0.335. The standard InChI is InChI=1S/C25H24FN3O4S/c1-15-20-12-22(34-25(20)29(28-15)14-16-4-8-18(26)9-5-16)24(31)27-21(13-23(30)33-3)17-6-10-19(32-2)11-7-17/h4-12,21H,13-14H2,1-3H3,(H,27,31). The SMILES string of the molecule is COC(=O)CC(NC(=O)c1cc2c(C)nn(Cc3ccc(F)cc3)c2s1)c1ccc(OC)cc1. The molecule has 0 aliphatic carbocycles. The minimum absolute atomic E-state index is 0.00314. The lowest BCUT2D eigenvalue weighted by Crippen LogP contribution is -2.30. The number of carbonyl (C=O) groups is 2. The van der Waals surface area contributed by atoms with E-state index in [4.69, 9.17) is 9.47 Å². The molecule has 1 unspecified atom stereocenters. The summed E-state index contributed by atoms with van der Waals surface area (Å²) in [4.78, 5) is 26.5. The monoisotopic (exact) mass is 481 g/mol. The number of benzene rings is 2. The van der Waals surface area contributed by atoms with Gasteiger partial charge in [0.1, 0.15) is 16.4 Å². The first-order valence-electron chi connectivity index (χ1n) is 10.6. The number of hydrogen-bond acceptors (Lipinski definition) is 6. The molecule has 0 bridgehead atoms. The van der Waals surface area contributed by atoms with Gasteiger partial charge in [0.15, 0.2) is 0 Å². The van der Waals surface area contributed by atoms with Gasteiger partial charge in [-0.2, -0.15) is 5.10 Å². The molecule has 176 valence electrons. The van der Waals surface area contributed by atoms with E-state index in [-0.39, 0.29) is 18.1 Å². The van der Waals surface area contributed by atoms with Crippen LogP contribution < -0.4 is 10.1 Å². The molecule has 0 radical (unpaired) electrons. The van der Waals surface area contributed by atoms with Crippen LogP contribution in [0, 0.1) is 12.7 Å². The number of nitrogens with one attached hydrogen (secondary N) is 1. The topological polar surface area (TPSA) is 82.5 Å². The first-order chi connectivity index (χ1) is 16.4. The van der Waals surface area contributed by atoms with Crippen molar-refractivity contribution >= 4 is 33.4 Å². The van der Waals surface area contributed by atoms with Gasteiger partial charge in [0.05, 0.1) is 43.8 Å². The second kappa shape index (κ2) is 10.0. The highest BCUT2D eigenvalue weighted by atomic mass is 32.1. The van der Waals surface area contributed by atoms with E-state index >= 15 is 0 Å². The lowest BCUT2D eigenvalue weighted by atomic mass is 10.0. The molecule has 7 nitrogen and oxygen atoms in total. The highest BCUT2D eigenvalue weighted by Crippen LogP contribution is 2.30. The van der Waals surface area contributed by atoms with Crippen molar-refractivity contribution in [2.45, 2.75) is 25.9 Å². The number of rotatable bonds is 8. The number of carbonyl (C=O) groups excluding carboxylic acids is 2. The maximum Gasteiger partial charge on any atom is 0.307 e. The maximum atomic E-state index is 13.2. The molecular weight excluding hydrogens is 457 g/mol. The number of esters is 1. The van der Waals surface area contributed by atoms with Crippen molar-refractivity contribution in [3.63, 3.8) is 0 Å². The van der Waals surface area contributed by atoms with Gasteiger partial charge in [0.2, 0.25) is 0 Å². The summed E-state index contributed by atoms with van der Waals surface area (Å²) in [7, 11) is 2.89. The number of amides is 1. The van der Waals surface area contributed by atoms with E-state index in [1.807, 2.05) is 29.8 Å². The number of thiophene rings is 1. The van der Waals surface area contributed by atoms with Crippen molar-refractivity contribution in [2.24, 2.45) is 0 Å². The summed E-state index contributed by atoms with van der Waals surface area (Å²) in [6.07, 6.45) is -0.00314. The van der Waals surface area contributed by atoms with Gasteiger partial charge in [0.25, 0.3) is 5.91 Å². The smallest absolute Gasteiger partial charge is 0.307 e. The Morgan fingerprint density at radius 2 is 1.82 bits per heavy atom. The largest absolute Gasteiger partial charge is 0.497 e. The first kappa shape index (κ1) is 23.4. The molecule has 1 atom stereocenters. The normalized spacial score (nSPS) is 11.9. The van der Waals surface area contributed by atoms with Gasteiger partial charge in [-0.25, -0.2) is 4.39 Å². The van der Waals surface area contributed by atoms with Crippen LogP contribution in [0.3, 0.4) is 0 Å². The number of methoxy groups -OCH3 is 2.